The van der Waals surface area contributed by atoms with Crippen LogP contribution in [0.5, 0.6) is 0 Å². The number of aliphatic carboxylic acids is 1. The topological polar surface area (TPSA) is 147 Å². The minimum absolute atomic E-state index is 0.300. The summed E-state index contributed by atoms with van der Waals surface area (Å²) in [5.41, 5.74) is 0. The Morgan fingerprint density at radius 2 is 1.53 bits per heavy atom. The molecule has 0 aromatic carbocycles. The first-order chi connectivity index (χ1) is 8.82. The fourth-order valence-corrected chi connectivity index (χ4v) is 1.37. The molecule has 0 radical (unpaired) electrons. The largest absolute Gasteiger partial charge is 0.479 e. The van der Waals surface area contributed by atoms with Crippen molar-refractivity contribution in [1.82, 2.24) is 5.32 Å². The molecule has 0 fully saturated rings. The van der Waals surface area contributed by atoms with Crippen LogP contribution in [0.1, 0.15) is 26.2 Å². The molecule has 4 unspecified atom stereocenters. The molecule has 0 saturated carbocycles. The van der Waals surface area contributed by atoms with Crippen molar-refractivity contribution in [1.29, 1.82) is 0 Å². The van der Waals surface area contributed by atoms with Crippen LogP contribution in [-0.4, -0.2) is 68.4 Å². The lowest BCUT2D eigenvalue weighted by atomic mass is 10.0. The van der Waals surface area contributed by atoms with Gasteiger partial charge in [-0.2, -0.15) is 0 Å². The molecule has 0 saturated heterocycles. The molecule has 0 aliphatic carbocycles. The van der Waals surface area contributed by atoms with E-state index in [1.807, 2.05) is 6.92 Å². The third-order valence-corrected chi connectivity index (χ3v) is 2.60. The van der Waals surface area contributed by atoms with E-state index in [2.05, 4.69) is 5.32 Å². The molecule has 19 heavy (non-hydrogen) atoms. The maximum Gasteiger partial charge on any atom is 0.335 e. The third kappa shape index (κ3) is 5.97. The first-order valence-electron chi connectivity index (χ1n) is 6.05. The van der Waals surface area contributed by atoms with Gasteiger partial charge in [0, 0.05) is 6.54 Å². The lowest BCUT2D eigenvalue weighted by Crippen LogP contribution is -2.52. The maximum atomic E-state index is 11.4. The van der Waals surface area contributed by atoms with Gasteiger partial charge in [-0.3, -0.25) is 4.79 Å². The van der Waals surface area contributed by atoms with Crippen LogP contribution in [0.3, 0.4) is 0 Å². The second-order valence-corrected chi connectivity index (χ2v) is 4.21. The minimum atomic E-state index is -2.28. The van der Waals surface area contributed by atoms with Crippen molar-refractivity contribution in [2.24, 2.45) is 0 Å². The Hall–Kier alpha value is -1.22. The van der Waals surface area contributed by atoms with Crippen LogP contribution in [0.25, 0.3) is 0 Å². The highest BCUT2D eigenvalue weighted by molar-refractivity contribution is 5.81. The number of aliphatic hydroxyl groups is 4. The van der Waals surface area contributed by atoms with Crippen LogP contribution in [-0.2, 0) is 9.59 Å². The molecule has 8 heteroatoms. The van der Waals surface area contributed by atoms with E-state index in [9.17, 15) is 24.9 Å². The Morgan fingerprint density at radius 3 is 2.00 bits per heavy atom. The Morgan fingerprint density at radius 1 is 1.00 bits per heavy atom. The first-order valence-corrected chi connectivity index (χ1v) is 6.05. The summed E-state index contributed by atoms with van der Waals surface area (Å²) in [5, 5.41) is 47.8. The smallest absolute Gasteiger partial charge is 0.335 e. The Kier molecular flexibility index (Phi) is 8.24. The van der Waals surface area contributed by atoms with Gasteiger partial charge in [-0.15, -0.1) is 0 Å². The molecule has 0 rings (SSSR count). The average molecular weight is 279 g/mol. The van der Waals surface area contributed by atoms with Gasteiger partial charge in [0.05, 0.1) is 0 Å². The van der Waals surface area contributed by atoms with Gasteiger partial charge in [-0.1, -0.05) is 19.8 Å². The fraction of sp³-hybridized carbons (Fsp3) is 0.818. The summed E-state index contributed by atoms with van der Waals surface area (Å²) < 4.78 is 0. The van der Waals surface area contributed by atoms with E-state index in [-0.39, 0.29) is 0 Å². The average Bonchev–Trinajstić information content (AvgIpc) is 2.39. The molecule has 8 nitrogen and oxygen atoms in total. The van der Waals surface area contributed by atoms with Gasteiger partial charge in [0.25, 0.3) is 5.91 Å². The van der Waals surface area contributed by atoms with Crippen LogP contribution in [0, 0.1) is 0 Å². The van der Waals surface area contributed by atoms with Gasteiger partial charge in [0.15, 0.2) is 12.2 Å². The lowest BCUT2D eigenvalue weighted by molar-refractivity contribution is -0.166. The summed E-state index contributed by atoms with van der Waals surface area (Å²) in [6.07, 6.45) is -6.00. The van der Waals surface area contributed by atoms with E-state index in [0.29, 0.717) is 13.0 Å². The van der Waals surface area contributed by atoms with Crippen LogP contribution in [0.2, 0.25) is 0 Å². The number of carboxylic acids is 1. The quantitative estimate of drug-likeness (QED) is 0.263. The zero-order valence-electron chi connectivity index (χ0n) is 10.7. The van der Waals surface area contributed by atoms with Gasteiger partial charge in [-0.05, 0) is 6.42 Å². The van der Waals surface area contributed by atoms with E-state index in [4.69, 9.17) is 10.2 Å². The second-order valence-electron chi connectivity index (χ2n) is 4.21. The first kappa shape index (κ1) is 17.8. The molecule has 0 spiro atoms. The van der Waals surface area contributed by atoms with Crippen molar-refractivity contribution < 1.29 is 35.1 Å². The van der Waals surface area contributed by atoms with Gasteiger partial charge in [0.2, 0.25) is 0 Å². The summed E-state index contributed by atoms with van der Waals surface area (Å²) in [7, 11) is 0. The number of hydrogen-bond acceptors (Lipinski definition) is 6. The van der Waals surface area contributed by atoms with Crippen LogP contribution in [0.15, 0.2) is 0 Å². The van der Waals surface area contributed by atoms with Gasteiger partial charge in [0.1, 0.15) is 12.2 Å². The second kappa shape index (κ2) is 8.81. The molecule has 0 bridgehead atoms. The molecule has 0 aliphatic heterocycles. The monoisotopic (exact) mass is 279 g/mol. The van der Waals surface area contributed by atoms with Crippen molar-refractivity contribution in [3.63, 3.8) is 0 Å². The molecule has 6 N–H and O–H groups in total. The van der Waals surface area contributed by atoms with E-state index >= 15 is 0 Å². The lowest BCUT2D eigenvalue weighted by Gasteiger charge is -2.23. The highest BCUT2D eigenvalue weighted by Crippen LogP contribution is 2.06. The number of carbonyl (C=O) groups is 2. The Labute approximate surface area is 110 Å². The number of carboxylic acid groups (broad SMARTS) is 1. The summed E-state index contributed by atoms with van der Waals surface area (Å²) >= 11 is 0. The summed E-state index contributed by atoms with van der Waals surface area (Å²) in [6.45, 7) is 2.28. The van der Waals surface area contributed by atoms with Crippen molar-refractivity contribution in [3.8, 4) is 0 Å². The number of carbonyl (C=O) groups excluding carboxylic acids is 1. The summed E-state index contributed by atoms with van der Waals surface area (Å²) in [6, 6.07) is 0. The molecule has 1 amide bonds. The third-order valence-electron chi connectivity index (χ3n) is 2.60. The summed E-state index contributed by atoms with van der Waals surface area (Å²) in [5.74, 6) is -2.69. The molecule has 112 valence electrons. The van der Waals surface area contributed by atoms with Crippen LogP contribution >= 0.6 is 0 Å². The SMILES string of the molecule is CCCCCNC(=O)C(O)C(O)C(O)C(O)C(=O)O. The highest BCUT2D eigenvalue weighted by atomic mass is 16.4. The molecular formula is C11H21NO7. The van der Waals surface area contributed by atoms with E-state index in [0.717, 1.165) is 12.8 Å². The molecular weight excluding hydrogens is 258 g/mol. The van der Waals surface area contributed by atoms with Crippen molar-refractivity contribution in [2.45, 2.75) is 50.6 Å². The molecule has 0 aromatic rings. The molecule has 0 aromatic heterocycles. The zero-order chi connectivity index (χ0) is 15.0. The number of amides is 1. The minimum Gasteiger partial charge on any atom is -0.479 e. The van der Waals surface area contributed by atoms with Gasteiger partial charge in [-0.25, -0.2) is 4.79 Å². The van der Waals surface area contributed by atoms with Crippen LogP contribution in [0.4, 0.5) is 0 Å². The molecule has 0 heterocycles. The van der Waals surface area contributed by atoms with Crippen LogP contribution < -0.4 is 5.32 Å². The van der Waals surface area contributed by atoms with E-state index in [1.165, 1.54) is 0 Å². The predicted octanol–water partition coefficient (Wildman–Crippen LogP) is -2.18. The normalized spacial score (nSPS) is 17.3. The van der Waals surface area contributed by atoms with E-state index < -0.39 is 36.3 Å². The number of unbranched alkanes of at least 4 members (excludes halogenated alkanes) is 2. The van der Waals surface area contributed by atoms with Gasteiger partial charge < -0.3 is 30.8 Å². The maximum absolute atomic E-state index is 11.4. The van der Waals surface area contributed by atoms with Crippen molar-refractivity contribution in [3.05, 3.63) is 0 Å². The number of nitrogens with one attached hydrogen (secondary N) is 1. The standard InChI is InChI=1S/C11H21NO7/c1-2-3-4-5-12-10(17)8(15)6(13)7(14)9(16)11(18)19/h6-9,13-16H,2-5H2,1H3,(H,12,17)(H,18,19). The zero-order valence-corrected chi connectivity index (χ0v) is 10.7. The number of rotatable bonds is 9. The van der Waals surface area contributed by atoms with Gasteiger partial charge >= 0.3 is 5.97 Å². The fourth-order valence-electron chi connectivity index (χ4n) is 1.37. The number of hydrogen-bond donors (Lipinski definition) is 6. The number of aliphatic hydroxyl groups excluding tert-OH is 4. The predicted molar refractivity (Wildman–Crippen MR) is 64.2 cm³/mol. The summed E-state index contributed by atoms with van der Waals surface area (Å²) in [4.78, 5) is 21.8. The molecule has 0 aliphatic rings. The van der Waals surface area contributed by atoms with Crippen molar-refractivity contribution in [2.75, 3.05) is 6.54 Å². The molecule has 4 atom stereocenters. The van der Waals surface area contributed by atoms with E-state index in [1.54, 1.807) is 0 Å². The Balaban J connectivity index is 4.26. The highest BCUT2D eigenvalue weighted by Gasteiger charge is 2.37. The van der Waals surface area contributed by atoms with Crippen molar-refractivity contribution >= 4 is 11.9 Å². The Bertz CT molecular complexity index is 297.